The first kappa shape index (κ1) is 27.8. The molecule has 6 rings (SSSR count). The lowest BCUT2D eigenvalue weighted by atomic mass is 9.50. The van der Waals surface area contributed by atoms with Gasteiger partial charge in [0.1, 0.15) is 11.2 Å². The van der Waals surface area contributed by atoms with E-state index >= 15 is 0 Å². The SMILES string of the molecule is CC[C@H]1[C@H]2[C@H]([C@H](C)c3c[nH]c4ccccc34)NC(=O)[C@]23C(=O)CCC(=O)C(=O)/C(C)=C\[C@@H](C)C/C=C\[C@H]3[C@@H]2O[C@]12C. The summed E-state index contributed by atoms with van der Waals surface area (Å²) in [6.45, 7) is 10.0. The Balaban J connectivity index is 1.48. The number of carbonyl (C=O) groups excluding carboxylic acids is 4. The van der Waals surface area contributed by atoms with Gasteiger partial charge in [-0.05, 0) is 49.3 Å². The Morgan fingerprint density at radius 1 is 1.12 bits per heavy atom. The second-order valence-corrected chi connectivity index (χ2v) is 12.9. The summed E-state index contributed by atoms with van der Waals surface area (Å²) in [5.41, 5.74) is 0.728. The lowest BCUT2D eigenvalue weighted by molar-refractivity contribution is -0.149. The summed E-state index contributed by atoms with van der Waals surface area (Å²) in [7, 11) is 0. The quantitative estimate of drug-likeness (QED) is 0.233. The van der Waals surface area contributed by atoms with Crippen molar-refractivity contribution in [1.29, 1.82) is 0 Å². The van der Waals surface area contributed by atoms with Crippen LogP contribution in [0.3, 0.4) is 0 Å². The van der Waals surface area contributed by atoms with E-state index in [0.29, 0.717) is 12.0 Å². The number of epoxide rings is 1. The van der Waals surface area contributed by atoms with E-state index in [1.165, 1.54) is 0 Å². The number of aromatic amines is 1. The monoisotopic (exact) mass is 556 g/mol. The van der Waals surface area contributed by atoms with Crippen molar-refractivity contribution in [2.24, 2.45) is 29.1 Å². The molecular weight excluding hydrogens is 516 g/mol. The van der Waals surface area contributed by atoms with E-state index in [4.69, 9.17) is 4.74 Å². The van der Waals surface area contributed by atoms with Crippen LogP contribution in [0.15, 0.2) is 54.3 Å². The fraction of sp³-hybridized carbons (Fsp3) is 0.529. The summed E-state index contributed by atoms with van der Waals surface area (Å²) in [6.07, 6.45) is 8.70. The lowest BCUT2D eigenvalue weighted by Gasteiger charge is -2.47. The molecule has 2 aromatic rings. The number of hydrogen-bond donors (Lipinski definition) is 2. The van der Waals surface area contributed by atoms with Gasteiger partial charge >= 0.3 is 0 Å². The molecule has 1 saturated carbocycles. The molecule has 1 aromatic heterocycles. The van der Waals surface area contributed by atoms with Gasteiger partial charge in [0, 0.05) is 53.7 Å². The van der Waals surface area contributed by atoms with Gasteiger partial charge in [-0.25, -0.2) is 0 Å². The maximum atomic E-state index is 14.5. The number of Topliss-reactive ketones (excluding diaryl/α,β-unsaturated/α-hetero) is 3. The Morgan fingerprint density at radius 2 is 1.88 bits per heavy atom. The summed E-state index contributed by atoms with van der Waals surface area (Å²) < 4.78 is 6.46. The van der Waals surface area contributed by atoms with Gasteiger partial charge in [-0.15, -0.1) is 0 Å². The van der Waals surface area contributed by atoms with Crippen LogP contribution in [0.25, 0.3) is 10.9 Å². The van der Waals surface area contributed by atoms with Crippen LogP contribution in [0.4, 0.5) is 0 Å². The van der Waals surface area contributed by atoms with E-state index in [9.17, 15) is 19.2 Å². The molecule has 2 N–H and O–H groups in total. The van der Waals surface area contributed by atoms with E-state index in [0.717, 1.165) is 22.9 Å². The largest absolute Gasteiger partial charge is 0.365 e. The second-order valence-electron chi connectivity index (χ2n) is 12.9. The van der Waals surface area contributed by atoms with Gasteiger partial charge in [0.2, 0.25) is 17.5 Å². The van der Waals surface area contributed by atoms with Gasteiger partial charge in [-0.3, -0.25) is 19.2 Å². The molecule has 2 aliphatic heterocycles. The van der Waals surface area contributed by atoms with Crippen molar-refractivity contribution in [2.45, 2.75) is 84.0 Å². The Labute approximate surface area is 241 Å². The first-order valence-electron chi connectivity index (χ1n) is 15.1. The third kappa shape index (κ3) is 4.03. The number of aromatic nitrogens is 1. The number of ether oxygens (including phenoxy) is 1. The minimum Gasteiger partial charge on any atom is -0.365 e. The summed E-state index contributed by atoms with van der Waals surface area (Å²) in [5.74, 6) is -2.52. The Kier molecular flexibility index (Phi) is 6.72. The standard InChI is InChI=1S/C34H40N2O5/c1-6-23-28-29(20(4)22-17-35-25-13-8-7-11-21(22)25)36-32(40)34(28)24(31-33(23,5)41-31)12-9-10-18(2)16-19(3)30(39)26(37)14-15-27(34)38/h7-9,11-13,16-18,20,23-24,28-29,31,35H,6,10,14-15H2,1-5H3,(H,36,40)/b12-9-,19-16-/t18-,20+,23-,24-,28-,29-,31-,33+,34+/m0/s1. The van der Waals surface area contributed by atoms with Crippen LogP contribution >= 0.6 is 0 Å². The molecule has 3 fully saturated rings. The predicted octanol–water partition coefficient (Wildman–Crippen LogP) is 5.22. The van der Waals surface area contributed by atoms with Crippen molar-refractivity contribution in [3.05, 3.63) is 59.8 Å². The molecule has 0 bridgehead atoms. The van der Waals surface area contributed by atoms with Crippen LogP contribution in [0.1, 0.15) is 71.8 Å². The van der Waals surface area contributed by atoms with Crippen molar-refractivity contribution < 1.29 is 23.9 Å². The molecule has 7 nitrogen and oxygen atoms in total. The van der Waals surface area contributed by atoms with Gasteiger partial charge < -0.3 is 15.0 Å². The minimum atomic E-state index is -1.37. The zero-order chi connectivity index (χ0) is 29.3. The van der Waals surface area contributed by atoms with Crippen LogP contribution in [-0.2, 0) is 23.9 Å². The number of rotatable bonds is 3. The average molecular weight is 557 g/mol. The van der Waals surface area contributed by atoms with Crippen molar-refractivity contribution in [2.75, 3.05) is 0 Å². The number of allylic oxidation sites excluding steroid dienone is 3. The third-order valence-electron chi connectivity index (χ3n) is 10.6. The molecule has 2 saturated heterocycles. The Morgan fingerprint density at radius 3 is 2.63 bits per heavy atom. The maximum Gasteiger partial charge on any atom is 0.235 e. The molecule has 216 valence electrons. The number of nitrogens with one attached hydrogen (secondary N) is 2. The number of fused-ring (bicyclic) bond motifs is 3. The molecule has 2 aliphatic carbocycles. The number of amides is 1. The van der Waals surface area contributed by atoms with Crippen molar-refractivity contribution in [3.63, 3.8) is 0 Å². The normalized spacial score (nSPS) is 40.2. The van der Waals surface area contributed by atoms with Crippen molar-refractivity contribution >= 4 is 34.2 Å². The highest BCUT2D eigenvalue weighted by molar-refractivity contribution is 6.43. The molecule has 1 aromatic carbocycles. The number of carbonyl (C=O) groups is 4. The lowest BCUT2D eigenvalue weighted by Crippen LogP contribution is -2.59. The van der Waals surface area contributed by atoms with Crippen molar-refractivity contribution in [1.82, 2.24) is 10.3 Å². The third-order valence-corrected chi connectivity index (χ3v) is 10.6. The first-order valence-corrected chi connectivity index (χ1v) is 15.1. The van der Waals surface area contributed by atoms with E-state index in [2.05, 4.69) is 37.1 Å². The predicted molar refractivity (Wildman–Crippen MR) is 156 cm³/mol. The van der Waals surface area contributed by atoms with Gasteiger partial charge in [0.15, 0.2) is 0 Å². The summed E-state index contributed by atoms with van der Waals surface area (Å²) in [4.78, 5) is 58.0. The molecule has 4 aliphatic rings. The minimum absolute atomic E-state index is 0.0248. The number of benzene rings is 1. The Hall–Kier alpha value is -3.32. The van der Waals surface area contributed by atoms with E-state index in [1.807, 2.05) is 49.5 Å². The molecule has 1 amide bonds. The molecule has 41 heavy (non-hydrogen) atoms. The second kappa shape index (κ2) is 9.90. The summed E-state index contributed by atoms with van der Waals surface area (Å²) in [6, 6.07) is 7.82. The molecular formula is C34H40N2O5. The maximum absolute atomic E-state index is 14.5. The Bertz CT molecular complexity index is 1500. The highest BCUT2D eigenvalue weighted by Crippen LogP contribution is 2.67. The summed E-state index contributed by atoms with van der Waals surface area (Å²) >= 11 is 0. The van der Waals surface area contributed by atoms with Gasteiger partial charge in [0.25, 0.3) is 0 Å². The molecule has 0 unspecified atom stereocenters. The van der Waals surface area contributed by atoms with E-state index < -0.39 is 28.5 Å². The van der Waals surface area contributed by atoms with Gasteiger partial charge in [0.05, 0.1) is 11.7 Å². The number of H-pyrrole nitrogens is 1. The molecule has 0 radical (unpaired) electrons. The average Bonchev–Trinajstić information content (AvgIpc) is 3.31. The fourth-order valence-electron chi connectivity index (χ4n) is 8.59. The zero-order valence-corrected chi connectivity index (χ0v) is 24.5. The highest BCUT2D eigenvalue weighted by Gasteiger charge is 2.79. The van der Waals surface area contributed by atoms with Crippen LogP contribution < -0.4 is 5.32 Å². The molecule has 9 atom stereocenters. The van der Waals surface area contributed by atoms with Crippen LogP contribution in [0, 0.1) is 29.1 Å². The van der Waals surface area contributed by atoms with E-state index in [-0.39, 0.29) is 60.3 Å². The van der Waals surface area contributed by atoms with Crippen LogP contribution in [0.5, 0.6) is 0 Å². The van der Waals surface area contributed by atoms with E-state index in [1.54, 1.807) is 6.92 Å². The fourth-order valence-corrected chi connectivity index (χ4v) is 8.59. The van der Waals surface area contributed by atoms with Crippen LogP contribution in [-0.4, -0.2) is 46.0 Å². The topological polar surface area (TPSA) is 109 Å². The number of ketones is 3. The molecule has 7 heteroatoms. The summed E-state index contributed by atoms with van der Waals surface area (Å²) in [5, 5.41) is 4.43. The zero-order valence-electron chi connectivity index (χ0n) is 24.5. The highest BCUT2D eigenvalue weighted by atomic mass is 16.6. The van der Waals surface area contributed by atoms with Crippen molar-refractivity contribution in [3.8, 4) is 0 Å². The number of hydrogen-bond acceptors (Lipinski definition) is 5. The molecule has 1 spiro atoms. The molecule has 3 heterocycles. The van der Waals surface area contributed by atoms with Crippen LogP contribution in [0.2, 0.25) is 0 Å². The number of para-hydroxylation sites is 1. The van der Waals surface area contributed by atoms with Gasteiger partial charge in [-0.2, -0.15) is 0 Å². The van der Waals surface area contributed by atoms with Gasteiger partial charge in [-0.1, -0.05) is 63.6 Å². The smallest absolute Gasteiger partial charge is 0.235 e. The first-order chi connectivity index (χ1) is 19.5.